The van der Waals surface area contributed by atoms with Crippen LogP contribution in [0, 0.1) is 30.3 Å². The van der Waals surface area contributed by atoms with E-state index in [2.05, 4.69) is 60.3 Å². The number of hydrogen-bond donors (Lipinski definition) is 0. The summed E-state index contributed by atoms with van der Waals surface area (Å²) in [5.41, 5.74) is 2.51. The number of rotatable bonds is 4. The van der Waals surface area contributed by atoms with Crippen molar-refractivity contribution in [2.75, 3.05) is 32.1 Å². The zero-order chi connectivity index (χ0) is 22.9. The summed E-state index contributed by atoms with van der Waals surface area (Å²) < 4.78 is 0. The maximum Gasteiger partial charge on any atom is 1.00 e. The Morgan fingerprint density at radius 1 is 0.879 bits per heavy atom. The molecular weight excluding hydrogens is 507 g/mol. The van der Waals surface area contributed by atoms with Crippen LogP contribution in [0.25, 0.3) is 0 Å². The van der Waals surface area contributed by atoms with Gasteiger partial charge < -0.3 is 40.1 Å². The topological polar surface area (TPSA) is 164 Å². The second kappa shape index (κ2) is 25.1. The molecule has 16 heteroatoms. The van der Waals surface area contributed by atoms with Crippen molar-refractivity contribution in [2.24, 2.45) is 16.0 Å². The van der Waals surface area contributed by atoms with Crippen LogP contribution < -0.4 is 93.6 Å². The summed E-state index contributed by atoms with van der Waals surface area (Å²) in [6, 6.07) is 14.8. The summed E-state index contributed by atoms with van der Waals surface area (Å²) in [6.45, 7) is 2.09. The molecule has 33 heavy (non-hydrogen) atoms. The zero-order valence-electron chi connectivity index (χ0n) is 19.1. The number of halogens is 1. The average Bonchev–Trinajstić information content (AvgIpc) is 2.69. The summed E-state index contributed by atoms with van der Waals surface area (Å²) in [6.07, 6.45) is 1.12. The van der Waals surface area contributed by atoms with Gasteiger partial charge in [0.25, 0.3) is 0 Å². The van der Waals surface area contributed by atoms with Crippen molar-refractivity contribution < 1.29 is 88.7 Å². The number of fused-ring (bicyclic) bond motifs is 2. The average molecular weight is 526 g/mol. The third-order valence-electron chi connectivity index (χ3n) is 3.57. The molecule has 0 aliphatic carbocycles. The van der Waals surface area contributed by atoms with Gasteiger partial charge in [0.05, 0.1) is 11.4 Å². The van der Waals surface area contributed by atoms with E-state index in [0.717, 1.165) is 40.6 Å². The largest absolute Gasteiger partial charge is 1.00 e. The standard InChI is InChI=1S/C17H19ClN2S.3HNO2.3Na/c1-19(2)10-5-11-20-14-6-3-4-7-16(14)21-17-9-8-13(18)12-15(17)20;3*2-1-3;;;/h3-4,6-9,12H,5,10-11H2,1-2H3;3*(H,2,3);;;/q;;;;3*+1/p-3. The Bertz CT molecular complexity index is 799. The second-order valence-corrected chi connectivity index (χ2v) is 7.23. The second-order valence-electron chi connectivity index (χ2n) is 5.71. The third kappa shape index (κ3) is 16.4. The first-order valence-corrected chi connectivity index (χ1v) is 9.43. The normalized spacial score (nSPS) is 9.52. The number of hydrogen-bond acceptors (Lipinski definition) is 12. The molecule has 2 aromatic rings. The predicted octanol–water partition coefficient (Wildman–Crippen LogP) is -3.34. The van der Waals surface area contributed by atoms with Crippen LogP contribution in [0.15, 0.2) is 68.3 Å². The van der Waals surface area contributed by atoms with Crippen LogP contribution >= 0.6 is 23.4 Å². The van der Waals surface area contributed by atoms with Gasteiger partial charge in [-0.3, -0.25) is 0 Å². The summed E-state index contributed by atoms with van der Waals surface area (Å²) in [5.74, 6) is 0. The quantitative estimate of drug-likeness (QED) is 0.225. The van der Waals surface area contributed by atoms with Gasteiger partial charge in [0.2, 0.25) is 0 Å². The molecule has 0 saturated carbocycles. The molecule has 0 spiro atoms. The van der Waals surface area contributed by atoms with E-state index in [9.17, 15) is 0 Å². The van der Waals surface area contributed by atoms with Gasteiger partial charge in [0, 0.05) is 21.4 Å². The van der Waals surface area contributed by atoms with Crippen LogP contribution in [0.3, 0.4) is 0 Å². The molecule has 0 bridgehead atoms. The molecule has 1 aliphatic heterocycles. The zero-order valence-corrected chi connectivity index (χ0v) is 26.7. The van der Waals surface area contributed by atoms with Crippen LogP contribution in [-0.2, 0) is 0 Å². The van der Waals surface area contributed by atoms with E-state index in [4.69, 9.17) is 41.9 Å². The summed E-state index contributed by atoms with van der Waals surface area (Å²) in [5, 5.41) is 27.8. The molecule has 1 heterocycles. The van der Waals surface area contributed by atoms with Crippen LogP contribution in [0.4, 0.5) is 11.4 Å². The van der Waals surface area contributed by atoms with Crippen molar-refractivity contribution in [1.82, 2.24) is 4.90 Å². The Balaban J connectivity index is -0.000000307. The molecule has 11 nitrogen and oxygen atoms in total. The van der Waals surface area contributed by atoms with E-state index in [-0.39, 0.29) is 88.7 Å². The maximum atomic E-state index is 8.00. The number of benzene rings is 2. The van der Waals surface area contributed by atoms with Crippen molar-refractivity contribution in [3.05, 3.63) is 77.8 Å². The smallest absolute Gasteiger partial charge is 0.444 e. The molecule has 0 saturated heterocycles. The van der Waals surface area contributed by atoms with Crippen LogP contribution in [0.1, 0.15) is 6.42 Å². The van der Waals surface area contributed by atoms with Crippen molar-refractivity contribution in [3.8, 4) is 0 Å². The fraction of sp³-hybridized carbons (Fsp3) is 0.294. The van der Waals surface area contributed by atoms with E-state index >= 15 is 0 Å². The van der Waals surface area contributed by atoms with Gasteiger partial charge in [-0.1, -0.05) is 35.5 Å². The van der Waals surface area contributed by atoms with Gasteiger partial charge in [0.1, 0.15) is 0 Å². The number of para-hydroxylation sites is 1. The predicted molar refractivity (Wildman–Crippen MR) is 120 cm³/mol. The van der Waals surface area contributed by atoms with Gasteiger partial charge >= 0.3 is 88.7 Å². The molecule has 0 atom stereocenters. The summed E-state index contributed by atoms with van der Waals surface area (Å²) in [7, 11) is 4.23. The van der Waals surface area contributed by atoms with Crippen molar-refractivity contribution in [1.29, 1.82) is 0 Å². The molecule has 0 amide bonds. The Kier molecular flexibility index (Phi) is 30.6. The molecule has 164 valence electrons. The van der Waals surface area contributed by atoms with E-state index in [1.165, 1.54) is 21.2 Å². The number of anilines is 2. The third-order valence-corrected chi connectivity index (χ3v) is 4.94. The van der Waals surface area contributed by atoms with E-state index < -0.39 is 0 Å². The summed E-state index contributed by atoms with van der Waals surface area (Å²) in [4.78, 5) is 31.2. The molecule has 0 radical (unpaired) electrons. The summed E-state index contributed by atoms with van der Waals surface area (Å²) >= 11 is 8.03. The molecular formula is C17H19ClN5Na3O6S. The van der Waals surface area contributed by atoms with Crippen molar-refractivity contribution >= 4 is 34.7 Å². The van der Waals surface area contributed by atoms with Crippen molar-refractivity contribution in [2.45, 2.75) is 16.2 Å². The van der Waals surface area contributed by atoms with E-state index in [1.807, 2.05) is 17.8 Å². The first kappa shape index (κ1) is 40.2. The molecule has 2 aromatic carbocycles. The maximum absolute atomic E-state index is 8.00. The Morgan fingerprint density at radius 3 is 1.88 bits per heavy atom. The van der Waals surface area contributed by atoms with E-state index in [1.54, 1.807) is 0 Å². The van der Waals surface area contributed by atoms with Crippen molar-refractivity contribution in [3.63, 3.8) is 0 Å². The minimum atomic E-state index is 0. The van der Waals surface area contributed by atoms with Crippen LogP contribution in [0.5, 0.6) is 0 Å². The molecule has 0 unspecified atom stereocenters. The molecule has 3 rings (SSSR count). The van der Waals surface area contributed by atoms with Gasteiger partial charge in [-0.2, -0.15) is 0 Å². The van der Waals surface area contributed by atoms with Gasteiger partial charge in [-0.15, -0.1) is 16.0 Å². The first-order chi connectivity index (χ1) is 14.4. The number of nitrogens with zero attached hydrogens (tertiary/aromatic N) is 5. The van der Waals surface area contributed by atoms with Crippen LogP contribution in [-0.4, -0.2) is 32.1 Å². The van der Waals surface area contributed by atoms with Gasteiger partial charge in [0.15, 0.2) is 0 Å². The molecule has 0 aromatic heterocycles. The first-order valence-electron chi connectivity index (χ1n) is 8.23. The molecule has 0 N–H and O–H groups in total. The van der Waals surface area contributed by atoms with Gasteiger partial charge in [-0.25, -0.2) is 0 Å². The van der Waals surface area contributed by atoms with Crippen LogP contribution in [0.2, 0.25) is 5.02 Å². The molecule has 0 fully saturated rings. The Labute approximate surface area is 267 Å². The van der Waals surface area contributed by atoms with Gasteiger partial charge in [-0.05, 0) is 57.4 Å². The minimum Gasteiger partial charge on any atom is -0.444 e. The Hall–Kier alpha value is 0.0400. The minimum absolute atomic E-state index is 0. The molecule has 1 aliphatic rings. The fourth-order valence-electron chi connectivity index (χ4n) is 2.59. The Morgan fingerprint density at radius 2 is 1.36 bits per heavy atom. The fourth-order valence-corrected chi connectivity index (χ4v) is 3.83. The monoisotopic (exact) mass is 525 g/mol. The SMILES string of the molecule is CN(C)CCCN1c2ccccc2Sc2ccc(Cl)cc21.O=N[O-].O=N[O-].O=N[O-].[Na+].[Na+].[Na+]. The van der Waals surface area contributed by atoms with E-state index in [0.29, 0.717) is 0 Å².